The minimum atomic E-state index is -3.47. The zero-order chi connectivity index (χ0) is 14.4. The molecule has 1 atom stereocenters. The molecule has 0 aliphatic heterocycles. The maximum atomic E-state index is 12.3. The van der Waals surface area contributed by atoms with Crippen LogP contribution in [0.25, 0.3) is 0 Å². The predicted octanol–water partition coefficient (Wildman–Crippen LogP) is 2.21. The van der Waals surface area contributed by atoms with Gasteiger partial charge in [0.25, 0.3) is 0 Å². The summed E-state index contributed by atoms with van der Waals surface area (Å²) >= 11 is 0. The Bertz CT molecular complexity index is 606. The fraction of sp³-hybridized carbons (Fsp3) is 0.571. The van der Waals surface area contributed by atoms with Crippen LogP contribution in [0, 0.1) is 25.2 Å². The van der Waals surface area contributed by atoms with E-state index in [1.165, 1.54) is 6.07 Å². The molecule has 2 rings (SSSR count). The minimum Gasteiger partial charge on any atom is -0.399 e. The van der Waals surface area contributed by atoms with Gasteiger partial charge in [0.2, 0.25) is 10.0 Å². The highest BCUT2D eigenvalue weighted by Crippen LogP contribution is 2.51. The van der Waals surface area contributed by atoms with Gasteiger partial charge in [-0.3, -0.25) is 0 Å². The highest BCUT2D eigenvalue weighted by molar-refractivity contribution is 7.89. The first-order valence-corrected chi connectivity index (χ1v) is 7.98. The van der Waals surface area contributed by atoms with Crippen LogP contribution in [0.1, 0.15) is 31.4 Å². The van der Waals surface area contributed by atoms with Crippen molar-refractivity contribution >= 4 is 15.7 Å². The van der Waals surface area contributed by atoms with Gasteiger partial charge in [-0.05, 0) is 54.9 Å². The molecule has 0 bridgehead atoms. The second-order valence-corrected chi connectivity index (χ2v) is 7.94. The van der Waals surface area contributed by atoms with E-state index in [1.807, 2.05) is 13.8 Å². The minimum absolute atomic E-state index is 0.267. The second-order valence-electron chi connectivity index (χ2n) is 6.20. The third-order valence-corrected chi connectivity index (χ3v) is 5.72. The van der Waals surface area contributed by atoms with Crippen LogP contribution < -0.4 is 10.5 Å². The summed E-state index contributed by atoms with van der Waals surface area (Å²) in [7, 11) is -3.47. The average molecular weight is 282 g/mol. The number of aryl methyl sites for hydroxylation is 1. The largest absolute Gasteiger partial charge is 0.399 e. The summed E-state index contributed by atoms with van der Waals surface area (Å²) in [5.74, 6) is 0.435. The van der Waals surface area contributed by atoms with Crippen molar-refractivity contribution in [3.05, 3.63) is 23.3 Å². The molecule has 0 radical (unpaired) electrons. The quantitative estimate of drug-likeness (QED) is 0.832. The molecule has 3 N–H and O–H groups in total. The van der Waals surface area contributed by atoms with Gasteiger partial charge in [-0.25, -0.2) is 13.1 Å². The van der Waals surface area contributed by atoms with Crippen LogP contribution in [-0.4, -0.2) is 15.0 Å². The molecule has 0 saturated heterocycles. The molecule has 1 aliphatic carbocycles. The summed E-state index contributed by atoms with van der Waals surface area (Å²) in [5, 5.41) is 0. The maximum absolute atomic E-state index is 12.3. The van der Waals surface area contributed by atoms with Crippen molar-refractivity contribution in [3.63, 3.8) is 0 Å². The Hall–Kier alpha value is -1.07. The number of anilines is 1. The van der Waals surface area contributed by atoms with Crippen molar-refractivity contribution in [2.24, 2.45) is 11.3 Å². The monoisotopic (exact) mass is 282 g/mol. The van der Waals surface area contributed by atoms with E-state index in [9.17, 15) is 8.42 Å². The molecule has 0 amide bonds. The number of nitrogens with two attached hydrogens (primary N) is 1. The normalized spacial score (nSPS) is 21.4. The van der Waals surface area contributed by atoms with Crippen LogP contribution in [0.2, 0.25) is 0 Å². The van der Waals surface area contributed by atoms with Crippen molar-refractivity contribution in [2.45, 2.75) is 39.0 Å². The highest BCUT2D eigenvalue weighted by Gasteiger charge is 2.45. The summed E-state index contributed by atoms with van der Waals surface area (Å²) in [6.45, 7) is 8.49. The van der Waals surface area contributed by atoms with Crippen LogP contribution in [0.15, 0.2) is 17.0 Å². The van der Waals surface area contributed by atoms with Gasteiger partial charge >= 0.3 is 0 Å². The van der Waals surface area contributed by atoms with Crippen molar-refractivity contribution in [2.75, 3.05) is 12.3 Å². The Morgan fingerprint density at radius 1 is 1.37 bits per heavy atom. The van der Waals surface area contributed by atoms with Crippen molar-refractivity contribution in [1.29, 1.82) is 0 Å². The van der Waals surface area contributed by atoms with Crippen molar-refractivity contribution < 1.29 is 8.42 Å². The maximum Gasteiger partial charge on any atom is 0.240 e. The molecule has 1 aliphatic rings. The fourth-order valence-corrected chi connectivity index (χ4v) is 3.78. The molecular weight excluding hydrogens is 260 g/mol. The topological polar surface area (TPSA) is 72.2 Å². The Morgan fingerprint density at radius 3 is 2.47 bits per heavy atom. The van der Waals surface area contributed by atoms with Gasteiger partial charge in [0.1, 0.15) is 0 Å². The summed E-state index contributed by atoms with van der Waals surface area (Å²) in [6, 6.07) is 3.32. The number of nitrogens with one attached hydrogen (secondary N) is 1. The molecule has 19 heavy (non-hydrogen) atoms. The first kappa shape index (κ1) is 14.3. The first-order valence-electron chi connectivity index (χ1n) is 6.50. The van der Waals surface area contributed by atoms with E-state index < -0.39 is 10.0 Å². The highest BCUT2D eigenvalue weighted by atomic mass is 32.2. The molecule has 1 aromatic rings. The molecule has 0 heterocycles. The van der Waals surface area contributed by atoms with Crippen LogP contribution in [0.3, 0.4) is 0 Å². The molecule has 106 valence electrons. The molecule has 4 nitrogen and oxygen atoms in total. The third-order valence-electron chi connectivity index (χ3n) is 4.17. The van der Waals surface area contributed by atoms with Crippen LogP contribution in [0.4, 0.5) is 5.69 Å². The van der Waals surface area contributed by atoms with E-state index in [2.05, 4.69) is 18.6 Å². The van der Waals surface area contributed by atoms with E-state index in [1.54, 1.807) is 6.07 Å². The molecule has 5 heteroatoms. The number of rotatable bonds is 4. The number of benzene rings is 1. The zero-order valence-electron chi connectivity index (χ0n) is 11.9. The van der Waals surface area contributed by atoms with E-state index in [0.29, 0.717) is 23.0 Å². The SMILES string of the molecule is Cc1cc(N)cc(S(=O)(=O)NCC2CC2(C)C)c1C. The third kappa shape index (κ3) is 2.92. The summed E-state index contributed by atoms with van der Waals surface area (Å²) in [4.78, 5) is 0.295. The lowest BCUT2D eigenvalue weighted by Gasteiger charge is -2.12. The van der Waals surface area contributed by atoms with E-state index >= 15 is 0 Å². The fourth-order valence-electron chi connectivity index (χ4n) is 2.35. The van der Waals surface area contributed by atoms with Gasteiger partial charge in [0.05, 0.1) is 4.90 Å². The first-order chi connectivity index (χ1) is 8.63. The van der Waals surface area contributed by atoms with E-state index in [4.69, 9.17) is 5.73 Å². The molecule has 1 unspecified atom stereocenters. The number of sulfonamides is 1. The molecule has 1 aromatic carbocycles. The number of hydrogen-bond acceptors (Lipinski definition) is 3. The Morgan fingerprint density at radius 2 is 1.95 bits per heavy atom. The van der Waals surface area contributed by atoms with Gasteiger partial charge in [-0.15, -0.1) is 0 Å². The van der Waals surface area contributed by atoms with Crippen LogP contribution in [0.5, 0.6) is 0 Å². The molecule has 0 spiro atoms. The summed E-state index contributed by atoms with van der Waals surface area (Å²) < 4.78 is 27.4. The van der Waals surface area contributed by atoms with Gasteiger partial charge < -0.3 is 5.73 Å². The Balaban J connectivity index is 2.20. The second kappa shape index (κ2) is 4.49. The lowest BCUT2D eigenvalue weighted by Crippen LogP contribution is -2.27. The van der Waals surface area contributed by atoms with Crippen LogP contribution >= 0.6 is 0 Å². The van der Waals surface area contributed by atoms with Crippen molar-refractivity contribution in [1.82, 2.24) is 4.72 Å². The Labute approximate surface area is 115 Å². The van der Waals surface area contributed by atoms with E-state index in [0.717, 1.165) is 17.5 Å². The predicted molar refractivity (Wildman–Crippen MR) is 77.4 cm³/mol. The zero-order valence-corrected chi connectivity index (χ0v) is 12.8. The summed E-state index contributed by atoms with van der Waals surface area (Å²) in [5.41, 5.74) is 8.15. The Kier molecular flexibility index (Phi) is 3.39. The summed E-state index contributed by atoms with van der Waals surface area (Å²) in [6.07, 6.45) is 1.07. The van der Waals surface area contributed by atoms with Gasteiger partial charge in [0, 0.05) is 12.2 Å². The molecule has 1 fully saturated rings. The van der Waals surface area contributed by atoms with Gasteiger partial charge in [0.15, 0.2) is 0 Å². The van der Waals surface area contributed by atoms with Crippen LogP contribution in [-0.2, 0) is 10.0 Å². The molecule has 1 saturated carbocycles. The number of hydrogen-bond donors (Lipinski definition) is 2. The van der Waals surface area contributed by atoms with Gasteiger partial charge in [-0.1, -0.05) is 13.8 Å². The lowest BCUT2D eigenvalue weighted by atomic mass is 10.1. The smallest absolute Gasteiger partial charge is 0.240 e. The lowest BCUT2D eigenvalue weighted by molar-refractivity contribution is 0.537. The number of nitrogen functional groups attached to an aromatic ring is 1. The van der Waals surface area contributed by atoms with Crippen molar-refractivity contribution in [3.8, 4) is 0 Å². The molecular formula is C14H22N2O2S. The van der Waals surface area contributed by atoms with Gasteiger partial charge in [-0.2, -0.15) is 0 Å². The average Bonchev–Trinajstić information content (AvgIpc) is 2.89. The van der Waals surface area contributed by atoms with E-state index in [-0.39, 0.29) is 5.41 Å². The molecule has 0 aromatic heterocycles. The standard InChI is InChI=1S/C14H22N2O2S/c1-9-5-12(15)6-13(10(9)2)19(17,18)16-8-11-7-14(11,3)4/h5-6,11,16H,7-8,15H2,1-4H3.